The molecule has 1 aliphatic heterocycles. The first-order valence-electron chi connectivity index (χ1n) is 8.16. The summed E-state index contributed by atoms with van der Waals surface area (Å²) in [4.78, 5) is 14.8. The molecule has 4 nitrogen and oxygen atoms in total. The minimum Gasteiger partial charge on any atom is -0.334 e. The zero-order chi connectivity index (χ0) is 16.4. The molecular formula is C18H22FN3O. The van der Waals surface area contributed by atoms with Crippen LogP contribution in [0.2, 0.25) is 0 Å². The minimum atomic E-state index is -0.224. The molecule has 122 valence electrons. The van der Waals surface area contributed by atoms with Gasteiger partial charge in [-0.3, -0.25) is 9.48 Å². The lowest BCUT2D eigenvalue weighted by Gasteiger charge is -2.24. The SMILES string of the molecule is CCc1cc(C(=O)N2CCCC2Cc2cccc(F)c2)n(C)n1. The van der Waals surface area contributed by atoms with Crippen molar-refractivity contribution in [3.8, 4) is 0 Å². The Hall–Kier alpha value is -2.17. The van der Waals surface area contributed by atoms with Crippen LogP contribution in [0.3, 0.4) is 0 Å². The highest BCUT2D eigenvalue weighted by atomic mass is 19.1. The van der Waals surface area contributed by atoms with E-state index in [0.717, 1.165) is 37.1 Å². The second-order valence-electron chi connectivity index (χ2n) is 6.13. The third-order valence-corrected chi connectivity index (χ3v) is 4.51. The lowest BCUT2D eigenvalue weighted by Crippen LogP contribution is -2.37. The number of likely N-dealkylation sites (tertiary alicyclic amines) is 1. The first kappa shape index (κ1) is 15.7. The second-order valence-corrected chi connectivity index (χ2v) is 6.13. The highest BCUT2D eigenvalue weighted by Crippen LogP contribution is 2.24. The number of aryl methyl sites for hydroxylation is 2. The monoisotopic (exact) mass is 315 g/mol. The second kappa shape index (κ2) is 6.52. The van der Waals surface area contributed by atoms with Gasteiger partial charge in [0.1, 0.15) is 11.5 Å². The van der Waals surface area contributed by atoms with Gasteiger partial charge in [0.15, 0.2) is 0 Å². The molecule has 2 heterocycles. The fourth-order valence-corrected chi connectivity index (χ4v) is 3.30. The van der Waals surface area contributed by atoms with Gasteiger partial charge in [0.2, 0.25) is 0 Å². The van der Waals surface area contributed by atoms with Crippen molar-refractivity contribution < 1.29 is 9.18 Å². The summed E-state index contributed by atoms with van der Waals surface area (Å²) in [5, 5.41) is 4.36. The van der Waals surface area contributed by atoms with Crippen LogP contribution in [0.4, 0.5) is 4.39 Å². The van der Waals surface area contributed by atoms with Crippen molar-refractivity contribution in [2.24, 2.45) is 7.05 Å². The zero-order valence-corrected chi connectivity index (χ0v) is 13.6. The predicted molar refractivity (Wildman–Crippen MR) is 86.7 cm³/mol. The van der Waals surface area contributed by atoms with E-state index < -0.39 is 0 Å². The van der Waals surface area contributed by atoms with Gasteiger partial charge in [-0.1, -0.05) is 19.1 Å². The van der Waals surface area contributed by atoms with Gasteiger partial charge < -0.3 is 4.90 Å². The summed E-state index contributed by atoms with van der Waals surface area (Å²) in [6, 6.07) is 8.65. The number of carbonyl (C=O) groups is 1. The number of rotatable bonds is 4. The maximum atomic E-state index is 13.4. The first-order chi connectivity index (χ1) is 11.1. The summed E-state index contributed by atoms with van der Waals surface area (Å²) in [6.07, 6.45) is 3.46. The summed E-state index contributed by atoms with van der Waals surface area (Å²) < 4.78 is 15.0. The van der Waals surface area contributed by atoms with Gasteiger partial charge in [0.25, 0.3) is 5.91 Å². The van der Waals surface area contributed by atoms with E-state index in [1.54, 1.807) is 16.8 Å². The van der Waals surface area contributed by atoms with Gasteiger partial charge in [-0.2, -0.15) is 5.10 Å². The van der Waals surface area contributed by atoms with Crippen molar-refractivity contribution in [1.82, 2.24) is 14.7 Å². The molecule has 1 atom stereocenters. The number of nitrogens with zero attached hydrogens (tertiary/aromatic N) is 3. The van der Waals surface area contributed by atoms with Crippen LogP contribution in [0.25, 0.3) is 0 Å². The molecule has 23 heavy (non-hydrogen) atoms. The summed E-state index contributed by atoms with van der Waals surface area (Å²) in [5.41, 5.74) is 2.50. The molecule has 1 aromatic heterocycles. The number of halogens is 1. The molecule has 1 amide bonds. The lowest BCUT2D eigenvalue weighted by atomic mass is 10.0. The van der Waals surface area contributed by atoms with Crippen LogP contribution in [0.15, 0.2) is 30.3 Å². The van der Waals surface area contributed by atoms with Crippen LogP contribution in [-0.4, -0.2) is 33.2 Å². The molecule has 1 saturated heterocycles. The smallest absolute Gasteiger partial charge is 0.272 e. The van der Waals surface area contributed by atoms with Crippen LogP contribution >= 0.6 is 0 Å². The summed E-state index contributed by atoms with van der Waals surface area (Å²) in [7, 11) is 1.81. The predicted octanol–water partition coefficient (Wildman–Crippen LogP) is 2.97. The van der Waals surface area contributed by atoms with E-state index in [4.69, 9.17) is 0 Å². The Balaban J connectivity index is 1.78. The van der Waals surface area contributed by atoms with Gasteiger partial charge in [0, 0.05) is 19.6 Å². The molecule has 1 aromatic carbocycles. The first-order valence-corrected chi connectivity index (χ1v) is 8.16. The van der Waals surface area contributed by atoms with E-state index in [2.05, 4.69) is 5.10 Å². The third-order valence-electron chi connectivity index (χ3n) is 4.51. The van der Waals surface area contributed by atoms with Gasteiger partial charge in [0.05, 0.1) is 5.69 Å². The molecular weight excluding hydrogens is 293 g/mol. The Labute approximate surface area is 135 Å². The zero-order valence-electron chi connectivity index (χ0n) is 13.6. The Morgan fingerprint density at radius 3 is 2.91 bits per heavy atom. The van der Waals surface area contributed by atoms with Gasteiger partial charge >= 0.3 is 0 Å². The molecule has 0 spiro atoms. The number of amides is 1. The normalized spacial score (nSPS) is 17.7. The molecule has 0 N–H and O–H groups in total. The van der Waals surface area contributed by atoms with Crippen molar-refractivity contribution in [2.45, 2.75) is 38.6 Å². The standard InChI is InChI=1S/C18H22FN3O/c1-3-15-12-17(21(2)20-15)18(23)22-9-5-8-16(22)11-13-6-4-7-14(19)10-13/h4,6-7,10,12,16H,3,5,8-9,11H2,1-2H3. The van der Waals surface area contributed by atoms with Crippen molar-refractivity contribution >= 4 is 5.91 Å². The molecule has 0 saturated carbocycles. The van der Waals surface area contributed by atoms with Crippen molar-refractivity contribution in [1.29, 1.82) is 0 Å². The van der Waals surface area contributed by atoms with Crippen molar-refractivity contribution in [3.05, 3.63) is 53.1 Å². The van der Waals surface area contributed by atoms with Crippen LogP contribution in [0.5, 0.6) is 0 Å². The summed E-state index contributed by atoms with van der Waals surface area (Å²) in [6.45, 7) is 2.78. The summed E-state index contributed by atoms with van der Waals surface area (Å²) in [5.74, 6) is -0.198. The topological polar surface area (TPSA) is 38.1 Å². The fraction of sp³-hybridized carbons (Fsp3) is 0.444. The quantitative estimate of drug-likeness (QED) is 0.870. The molecule has 1 aliphatic rings. The molecule has 2 aromatic rings. The lowest BCUT2D eigenvalue weighted by molar-refractivity contribution is 0.0725. The average Bonchev–Trinajstić information content (AvgIpc) is 3.13. The molecule has 1 fully saturated rings. The Morgan fingerprint density at radius 2 is 2.22 bits per heavy atom. The van der Waals surface area contributed by atoms with E-state index in [9.17, 15) is 9.18 Å². The molecule has 0 radical (unpaired) electrons. The molecule has 1 unspecified atom stereocenters. The Bertz CT molecular complexity index is 710. The fourth-order valence-electron chi connectivity index (χ4n) is 3.30. The highest BCUT2D eigenvalue weighted by molar-refractivity contribution is 5.93. The molecule has 3 rings (SSSR count). The van der Waals surface area contributed by atoms with E-state index in [1.165, 1.54) is 6.07 Å². The van der Waals surface area contributed by atoms with E-state index in [0.29, 0.717) is 12.1 Å². The maximum Gasteiger partial charge on any atom is 0.272 e. The maximum absolute atomic E-state index is 13.4. The van der Waals surface area contributed by atoms with Gasteiger partial charge in [-0.25, -0.2) is 4.39 Å². The number of benzene rings is 1. The molecule has 0 bridgehead atoms. The average molecular weight is 315 g/mol. The van der Waals surface area contributed by atoms with E-state index in [1.807, 2.05) is 31.0 Å². The van der Waals surface area contributed by atoms with Crippen molar-refractivity contribution in [3.63, 3.8) is 0 Å². The number of hydrogen-bond donors (Lipinski definition) is 0. The van der Waals surface area contributed by atoms with Crippen LogP contribution in [0.1, 0.15) is 41.5 Å². The van der Waals surface area contributed by atoms with Crippen LogP contribution in [-0.2, 0) is 19.9 Å². The number of aromatic nitrogens is 2. The minimum absolute atomic E-state index is 0.0265. The van der Waals surface area contributed by atoms with Gasteiger partial charge in [-0.05, 0) is 49.4 Å². The highest BCUT2D eigenvalue weighted by Gasteiger charge is 2.31. The number of hydrogen-bond acceptors (Lipinski definition) is 2. The van der Waals surface area contributed by atoms with Crippen LogP contribution < -0.4 is 0 Å². The number of carbonyl (C=O) groups excluding carboxylic acids is 1. The Kier molecular flexibility index (Phi) is 4.46. The summed E-state index contributed by atoms with van der Waals surface area (Å²) >= 11 is 0. The van der Waals surface area contributed by atoms with E-state index >= 15 is 0 Å². The third kappa shape index (κ3) is 3.28. The largest absolute Gasteiger partial charge is 0.334 e. The Morgan fingerprint density at radius 1 is 1.39 bits per heavy atom. The van der Waals surface area contributed by atoms with Crippen molar-refractivity contribution in [2.75, 3.05) is 6.54 Å². The molecule has 0 aliphatic carbocycles. The van der Waals surface area contributed by atoms with E-state index in [-0.39, 0.29) is 17.8 Å². The van der Waals surface area contributed by atoms with Crippen LogP contribution in [0, 0.1) is 5.82 Å². The van der Waals surface area contributed by atoms with Gasteiger partial charge in [-0.15, -0.1) is 0 Å². The molecule has 5 heteroatoms.